The topological polar surface area (TPSA) is 84.3 Å². The number of aryl methyl sites for hydroxylation is 2. The maximum absolute atomic E-state index is 12.2. The van der Waals surface area contributed by atoms with E-state index in [1.54, 1.807) is 6.26 Å². The predicted octanol–water partition coefficient (Wildman–Crippen LogP) is 3.98. The van der Waals surface area contributed by atoms with Gasteiger partial charge in [-0.2, -0.15) is 0 Å². The van der Waals surface area contributed by atoms with Crippen molar-refractivity contribution in [1.29, 1.82) is 0 Å². The Kier molecular flexibility index (Phi) is 5.57. The van der Waals surface area contributed by atoms with E-state index in [0.29, 0.717) is 13.0 Å². The number of hydrogen-bond acceptors (Lipinski definition) is 4. The maximum Gasteiger partial charge on any atom is 0.310 e. The molecule has 0 atom stereocenters. The molecule has 2 aromatic heterocycles. The molecule has 2 N–H and O–H groups in total. The van der Waals surface area contributed by atoms with E-state index >= 15 is 0 Å². The van der Waals surface area contributed by atoms with Crippen molar-refractivity contribution in [1.82, 2.24) is 10.3 Å². The minimum Gasteiger partial charge on any atom is -0.464 e. The third-order valence-electron chi connectivity index (χ3n) is 5.43. The van der Waals surface area contributed by atoms with Gasteiger partial charge in [0.05, 0.1) is 12.7 Å². The quantitative estimate of drug-likeness (QED) is 0.457. The number of nitrogens with one attached hydrogen (secondary N) is 2. The molecule has 4 rings (SSSR count). The lowest BCUT2D eigenvalue weighted by Gasteiger charge is -2.06. The first-order chi connectivity index (χ1) is 14.5. The van der Waals surface area contributed by atoms with Crippen molar-refractivity contribution in [3.63, 3.8) is 0 Å². The Morgan fingerprint density at radius 1 is 1.07 bits per heavy atom. The van der Waals surface area contributed by atoms with Gasteiger partial charge in [-0.3, -0.25) is 9.59 Å². The van der Waals surface area contributed by atoms with Crippen LogP contribution in [-0.4, -0.2) is 30.0 Å². The predicted molar refractivity (Wildman–Crippen MR) is 115 cm³/mol. The number of aromatic nitrogens is 1. The molecule has 30 heavy (non-hydrogen) atoms. The summed E-state index contributed by atoms with van der Waals surface area (Å²) in [5.41, 5.74) is 5.95. The highest BCUT2D eigenvalue weighted by atomic mass is 16.5. The van der Waals surface area contributed by atoms with Crippen molar-refractivity contribution >= 4 is 33.7 Å². The van der Waals surface area contributed by atoms with Gasteiger partial charge in [0.1, 0.15) is 5.58 Å². The summed E-state index contributed by atoms with van der Waals surface area (Å²) in [6.45, 7) is 4.19. The molecule has 0 saturated heterocycles. The van der Waals surface area contributed by atoms with E-state index in [0.717, 1.165) is 44.1 Å². The van der Waals surface area contributed by atoms with Crippen LogP contribution < -0.4 is 5.32 Å². The molecule has 0 bridgehead atoms. The van der Waals surface area contributed by atoms with E-state index in [4.69, 9.17) is 9.15 Å². The Bertz CT molecular complexity index is 1220. The number of aromatic amines is 1. The van der Waals surface area contributed by atoms with Crippen LogP contribution in [0.25, 0.3) is 21.9 Å². The largest absolute Gasteiger partial charge is 0.464 e. The van der Waals surface area contributed by atoms with Crippen molar-refractivity contribution < 1.29 is 18.7 Å². The van der Waals surface area contributed by atoms with Crippen molar-refractivity contribution in [2.45, 2.75) is 26.7 Å². The number of hydrogen-bond donors (Lipinski definition) is 2. The molecule has 0 aliphatic rings. The normalized spacial score (nSPS) is 11.1. The lowest BCUT2D eigenvalue weighted by atomic mass is 10.0. The molecule has 6 nitrogen and oxygen atoms in total. The van der Waals surface area contributed by atoms with Gasteiger partial charge in [-0.05, 0) is 43.0 Å². The van der Waals surface area contributed by atoms with Crippen LogP contribution in [0.2, 0.25) is 0 Å². The summed E-state index contributed by atoms with van der Waals surface area (Å²) in [6.07, 6.45) is 4.30. The molecule has 2 aromatic carbocycles. The van der Waals surface area contributed by atoms with Crippen molar-refractivity contribution in [3.05, 3.63) is 71.1 Å². The average Bonchev–Trinajstić information content (AvgIpc) is 3.34. The average molecular weight is 404 g/mol. The van der Waals surface area contributed by atoms with Crippen LogP contribution in [-0.2, 0) is 27.2 Å². The fourth-order valence-corrected chi connectivity index (χ4v) is 3.60. The first kappa shape index (κ1) is 19.8. The van der Waals surface area contributed by atoms with Gasteiger partial charge in [0.25, 0.3) is 5.91 Å². The van der Waals surface area contributed by atoms with Gasteiger partial charge in [0.2, 0.25) is 0 Å². The van der Waals surface area contributed by atoms with E-state index in [9.17, 15) is 9.59 Å². The zero-order chi connectivity index (χ0) is 21.1. The zero-order valence-electron chi connectivity index (χ0n) is 17.1. The monoisotopic (exact) mass is 404 g/mol. The smallest absolute Gasteiger partial charge is 0.310 e. The number of amides is 1. The van der Waals surface area contributed by atoms with Gasteiger partial charge in [-0.15, -0.1) is 0 Å². The summed E-state index contributed by atoms with van der Waals surface area (Å²) in [6, 6.07) is 12.0. The number of para-hydroxylation sites is 1. The fourth-order valence-electron chi connectivity index (χ4n) is 3.60. The molecular weight excluding hydrogens is 380 g/mol. The molecule has 0 aliphatic heterocycles. The van der Waals surface area contributed by atoms with Gasteiger partial charge in [-0.25, -0.2) is 0 Å². The summed E-state index contributed by atoms with van der Waals surface area (Å²) in [5, 5.41) is 4.84. The SMILES string of the molecule is Cc1ccc2c(CC(=O)OCC(=O)NCCc3c[nH]c4ccccc34)coc2c1C. The minimum atomic E-state index is -0.456. The van der Waals surface area contributed by atoms with E-state index in [1.807, 2.05) is 56.4 Å². The number of rotatable bonds is 7. The second-order valence-corrected chi connectivity index (χ2v) is 7.44. The third kappa shape index (κ3) is 4.08. The van der Waals surface area contributed by atoms with E-state index in [-0.39, 0.29) is 18.9 Å². The molecule has 2 heterocycles. The number of carbonyl (C=O) groups excluding carboxylic acids is 2. The van der Waals surface area contributed by atoms with Crippen molar-refractivity contribution in [3.8, 4) is 0 Å². The number of furan rings is 1. The van der Waals surface area contributed by atoms with Crippen LogP contribution in [0.3, 0.4) is 0 Å². The van der Waals surface area contributed by atoms with Crippen LogP contribution in [0.1, 0.15) is 22.3 Å². The second-order valence-electron chi connectivity index (χ2n) is 7.44. The third-order valence-corrected chi connectivity index (χ3v) is 5.43. The minimum absolute atomic E-state index is 0.0676. The second kappa shape index (κ2) is 8.45. The van der Waals surface area contributed by atoms with Crippen molar-refractivity contribution in [2.24, 2.45) is 0 Å². The Hall–Kier alpha value is -3.54. The van der Waals surface area contributed by atoms with Crippen molar-refractivity contribution in [2.75, 3.05) is 13.2 Å². The summed E-state index contributed by atoms with van der Waals surface area (Å²) in [4.78, 5) is 27.4. The number of ether oxygens (including phenoxy) is 1. The van der Waals surface area contributed by atoms with E-state index in [1.165, 1.54) is 0 Å². The molecule has 0 saturated carbocycles. The number of esters is 1. The van der Waals surface area contributed by atoms with Gasteiger partial charge in [-0.1, -0.05) is 30.3 Å². The lowest BCUT2D eigenvalue weighted by Crippen LogP contribution is -2.30. The highest BCUT2D eigenvalue weighted by Crippen LogP contribution is 2.26. The summed E-state index contributed by atoms with van der Waals surface area (Å²) in [7, 11) is 0. The first-order valence-electron chi connectivity index (χ1n) is 9.96. The molecule has 4 aromatic rings. The van der Waals surface area contributed by atoms with Gasteiger partial charge >= 0.3 is 5.97 Å². The van der Waals surface area contributed by atoms with Crippen LogP contribution in [0, 0.1) is 13.8 Å². The van der Waals surface area contributed by atoms with Gasteiger partial charge in [0, 0.05) is 34.6 Å². The molecule has 1 amide bonds. The molecule has 154 valence electrons. The Morgan fingerprint density at radius 2 is 1.90 bits per heavy atom. The number of H-pyrrole nitrogens is 1. The molecule has 0 unspecified atom stereocenters. The van der Waals surface area contributed by atoms with E-state index in [2.05, 4.69) is 10.3 Å². The zero-order valence-corrected chi connectivity index (χ0v) is 17.1. The molecular formula is C24H24N2O4. The molecule has 0 radical (unpaired) electrons. The Balaban J connectivity index is 1.25. The van der Waals surface area contributed by atoms with Crippen LogP contribution in [0.4, 0.5) is 0 Å². The highest BCUT2D eigenvalue weighted by Gasteiger charge is 2.15. The lowest BCUT2D eigenvalue weighted by molar-refractivity contribution is -0.147. The standard InChI is InChI=1S/C24H24N2O4/c1-15-7-8-20-18(13-30-24(20)16(15)2)11-23(28)29-14-22(27)25-10-9-17-12-26-21-6-4-3-5-19(17)21/h3-8,12-13,26H,9-11,14H2,1-2H3,(H,25,27). The number of carbonyl (C=O) groups is 2. The highest BCUT2D eigenvalue weighted by molar-refractivity contribution is 5.89. The van der Waals surface area contributed by atoms with Crippen LogP contribution >= 0.6 is 0 Å². The summed E-state index contributed by atoms with van der Waals surface area (Å²) in [5.74, 6) is -0.769. The summed E-state index contributed by atoms with van der Waals surface area (Å²) < 4.78 is 10.8. The fraction of sp³-hybridized carbons (Fsp3) is 0.250. The molecule has 6 heteroatoms. The molecule has 0 spiro atoms. The number of benzene rings is 2. The Morgan fingerprint density at radius 3 is 2.77 bits per heavy atom. The summed E-state index contributed by atoms with van der Waals surface area (Å²) >= 11 is 0. The van der Waals surface area contributed by atoms with Gasteiger partial charge < -0.3 is 19.5 Å². The van der Waals surface area contributed by atoms with E-state index < -0.39 is 5.97 Å². The maximum atomic E-state index is 12.2. The first-order valence-corrected chi connectivity index (χ1v) is 9.96. The van der Waals surface area contributed by atoms with Crippen LogP contribution in [0.5, 0.6) is 0 Å². The van der Waals surface area contributed by atoms with Gasteiger partial charge in [0.15, 0.2) is 6.61 Å². The Labute approximate surface area is 174 Å². The molecule has 0 fully saturated rings. The number of fused-ring (bicyclic) bond motifs is 2. The van der Waals surface area contributed by atoms with Crippen LogP contribution in [0.15, 0.2) is 53.3 Å². The molecule has 0 aliphatic carbocycles.